The lowest BCUT2D eigenvalue weighted by molar-refractivity contribution is -0.144. The number of alkyl halides is 6. The quantitative estimate of drug-likeness (QED) is 0.223. The molecule has 4 saturated carbocycles. The van der Waals surface area contributed by atoms with Crippen molar-refractivity contribution in [2.24, 2.45) is 57.6 Å². The molecule has 0 heterocycles. The lowest BCUT2D eigenvalue weighted by Crippen LogP contribution is -2.23. The third kappa shape index (κ3) is 118. The van der Waals surface area contributed by atoms with E-state index in [9.17, 15) is 26.3 Å². The lowest BCUT2D eigenvalue weighted by atomic mass is 9.70. The van der Waals surface area contributed by atoms with Crippen molar-refractivity contribution in [2.45, 2.75) is 393 Å². The summed E-state index contributed by atoms with van der Waals surface area (Å²) in [7, 11) is 0. The maximum Gasteiger partial charge on any atom is 0.389 e. The zero-order valence-electron chi connectivity index (χ0n) is 65.8. The number of hydrogen-bond donors (Lipinski definition) is 0. The van der Waals surface area contributed by atoms with Gasteiger partial charge in [0.15, 0.2) is 0 Å². The van der Waals surface area contributed by atoms with Gasteiger partial charge in [-0.15, -0.1) is 0 Å². The first kappa shape index (κ1) is 72.6. The molecule has 0 aliphatic heterocycles. The SMILES string of the molecule is CC.CC(C)(C)C.CC1CCC2(CCCC2)CC1.CCC.CCCC.CC[C@H](C)CC(F)(F)F.CC[C@H](C)CC(F)(F)F.[2H]C(C)(C)C.[2H]C([2H])(C)C(C)(C)C.[2H]C([2H])(C)C(C)C.[2H]C([2H])(C)CC.[2H]C1(C)CCCC1.[2H]C1(C)CCCCC1. The highest BCUT2D eigenvalue weighted by molar-refractivity contribution is 4.88. The summed E-state index contributed by atoms with van der Waals surface area (Å²) in [5, 5.41) is 0. The summed E-state index contributed by atoms with van der Waals surface area (Å²) in [5.74, 6) is 0.321. The lowest BCUT2D eigenvalue weighted by Gasteiger charge is -2.36. The predicted octanol–water partition coefficient (Wildman–Crippen LogP) is 28.8. The zero-order chi connectivity index (χ0) is 69.5. The van der Waals surface area contributed by atoms with Crippen molar-refractivity contribution >= 4 is 0 Å². The Morgan fingerprint density at radius 1 is 0.493 bits per heavy atom. The summed E-state index contributed by atoms with van der Waals surface area (Å²) in [4.78, 5) is 0. The summed E-state index contributed by atoms with van der Waals surface area (Å²) >= 11 is 0. The van der Waals surface area contributed by atoms with E-state index in [4.69, 9.17) is 12.3 Å². The Morgan fingerprint density at radius 2 is 0.733 bits per heavy atom. The van der Waals surface area contributed by atoms with Crippen molar-refractivity contribution in [3.8, 4) is 0 Å². The highest BCUT2D eigenvalue weighted by Crippen LogP contribution is 2.50. The van der Waals surface area contributed by atoms with Crippen molar-refractivity contribution in [1.82, 2.24) is 0 Å². The first-order valence-electron chi connectivity index (χ1n) is 35.3. The minimum Gasteiger partial charge on any atom is -0.171 e. The number of hydrogen-bond acceptors (Lipinski definition) is 0. The summed E-state index contributed by atoms with van der Waals surface area (Å²) in [6.45, 7) is 56.2. The normalized spacial score (nSPS) is 20.1. The Morgan fingerprint density at radius 3 is 0.867 bits per heavy atom. The Kier molecular flexibility index (Phi) is 60.8. The van der Waals surface area contributed by atoms with Crippen molar-refractivity contribution in [2.75, 3.05) is 0 Å². The molecule has 4 aliphatic carbocycles. The summed E-state index contributed by atoms with van der Waals surface area (Å²) < 4.78 is 133. The number of rotatable bonds is 7. The monoisotopic (exact) mass is 1100 g/mol. The van der Waals surface area contributed by atoms with Crippen molar-refractivity contribution in [3.05, 3.63) is 0 Å². The van der Waals surface area contributed by atoms with Gasteiger partial charge < -0.3 is 0 Å². The molecule has 4 aliphatic rings. The topological polar surface area (TPSA) is 0 Å². The van der Waals surface area contributed by atoms with Crippen molar-refractivity contribution in [1.29, 1.82) is 0 Å². The molecule has 2 atom stereocenters. The zero-order valence-corrected chi connectivity index (χ0v) is 56.8. The summed E-state index contributed by atoms with van der Waals surface area (Å²) in [6.07, 6.45) is 16.6. The molecule has 0 nitrogen and oxygen atoms in total. The van der Waals surface area contributed by atoms with Crippen molar-refractivity contribution < 1.29 is 38.7 Å². The molecule has 75 heavy (non-hydrogen) atoms. The fourth-order valence-electron chi connectivity index (χ4n) is 6.21. The van der Waals surface area contributed by atoms with Crippen LogP contribution in [-0.4, -0.2) is 12.4 Å². The van der Waals surface area contributed by atoms with E-state index < -0.39 is 44.3 Å². The van der Waals surface area contributed by atoms with Crippen LogP contribution in [0, 0.1) is 57.6 Å². The smallest absolute Gasteiger partial charge is 0.171 e. The molecule has 6 heteroatoms. The highest BCUT2D eigenvalue weighted by Gasteiger charge is 2.36. The molecular formula is C69H150F6. The van der Waals surface area contributed by atoms with Crippen LogP contribution in [-0.2, 0) is 0 Å². The van der Waals surface area contributed by atoms with Crippen LogP contribution in [0.4, 0.5) is 26.3 Å². The molecule has 0 aromatic carbocycles. The minimum absolute atomic E-state index is 0.0556. The van der Waals surface area contributed by atoms with Gasteiger partial charge in [0.25, 0.3) is 0 Å². The molecule has 468 valence electrons. The number of halogens is 6. The second-order valence-corrected chi connectivity index (χ2v) is 25.1. The van der Waals surface area contributed by atoms with Gasteiger partial charge in [0.1, 0.15) is 0 Å². The maximum absolute atomic E-state index is 11.5. The molecule has 4 fully saturated rings. The maximum atomic E-state index is 11.5. The minimum atomic E-state index is -3.98. The summed E-state index contributed by atoms with van der Waals surface area (Å²) in [6, 6.07) is 0. The van der Waals surface area contributed by atoms with Crippen LogP contribution in [0.1, 0.15) is 393 Å². The molecule has 0 aromatic rings. The van der Waals surface area contributed by atoms with E-state index in [0.29, 0.717) is 24.7 Å². The third-order valence-electron chi connectivity index (χ3n) is 11.9. The van der Waals surface area contributed by atoms with Gasteiger partial charge in [-0.05, 0) is 83.3 Å². The van der Waals surface area contributed by atoms with Crippen LogP contribution in [0.3, 0.4) is 0 Å². The second-order valence-electron chi connectivity index (χ2n) is 25.1. The molecule has 4 rings (SSSR count). The highest BCUT2D eigenvalue weighted by atomic mass is 19.4. The van der Waals surface area contributed by atoms with Gasteiger partial charge in [-0.2, -0.15) is 26.3 Å². The third-order valence-corrected chi connectivity index (χ3v) is 11.9. The van der Waals surface area contributed by atoms with Crippen LogP contribution >= 0.6 is 0 Å². The van der Waals surface area contributed by atoms with Gasteiger partial charge in [0.2, 0.25) is 0 Å². The predicted molar refractivity (Wildman–Crippen MR) is 338 cm³/mol. The number of unbranched alkanes of at least 4 members (excludes halogenated alkanes) is 1. The van der Waals surface area contributed by atoms with E-state index in [0.717, 1.165) is 37.0 Å². The van der Waals surface area contributed by atoms with Gasteiger partial charge in [-0.3, -0.25) is 0 Å². The molecule has 0 N–H and O–H groups in total. The molecule has 1 spiro atoms. The molecular weight excluding hydrogens is 943 g/mol. The van der Waals surface area contributed by atoms with Gasteiger partial charge >= 0.3 is 12.4 Å². The Hall–Kier alpha value is -0.420. The van der Waals surface area contributed by atoms with E-state index in [-0.39, 0.29) is 40.9 Å². The van der Waals surface area contributed by atoms with E-state index >= 15 is 0 Å². The Labute approximate surface area is 487 Å². The largest absolute Gasteiger partial charge is 0.389 e. The van der Waals surface area contributed by atoms with Crippen LogP contribution < -0.4 is 0 Å². The Balaban J connectivity index is -0.000000105. The van der Waals surface area contributed by atoms with Crippen LogP contribution in [0.15, 0.2) is 0 Å². The first-order chi connectivity index (χ1) is 37.2. The van der Waals surface area contributed by atoms with Crippen molar-refractivity contribution in [3.63, 3.8) is 0 Å². The van der Waals surface area contributed by atoms with E-state index in [1.54, 1.807) is 74.1 Å². The fraction of sp³-hybridized carbons (Fsp3) is 1.00. The van der Waals surface area contributed by atoms with E-state index in [2.05, 4.69) is 62.3 Å². The van der Waals surface area contributed by atoms with Gasteiger partial charge in [0, 0.05) is 25.2 Å². The van der Waals surface area contributed by atoms with Gasteiger partial charge in [0.05, 0.1) is 0 Å². The molecule has 0 amide bonds. The molecule has 0 saturated heterocycles. The van der Waals surface area contributed by atoms with Gasteiger partial charge in [-0.1, -0.05) is 342 Å². The summed E-state index contributed by atoms with van der Waals surface area (Å²) in [5.41, 5.74) is 1.12. The van der Waals surface area contributed by atoms with Gasteiger partial charge in [-0.25, -0.2) is 0 Å². The molecule has 0 unspecified atom stereocenters. The molecule has 0 bridgehead atoms. The standard InChI is InChI=1S/C11H20.C7H14.2C6H11F3.C6H12.C6H14.2C5H12.3C4H10.C3H8.C2H6/c1-10-4-8-11(9-5-10)6-2-3-7-11;1-7-5-3-2-4-6-7;2*1-3-5(2)4-6(7,8)9;1-6-4-2-3-5-6;1-5-6(2,3)4;1-5(2,3)4;1-4-5(2)3;1-4(2)3;2*1-3-4-2;1-3-2;1-2/h10H,2-9H2,1H3;7H,2-6H2,1H3;2*5H,3-4H2,1-2H3;6H,2-5H2,1H3;5H2,1-4H3;1-4H3;5H,4H2,1-3H3;4H,1-3H3;2*3-4H2,1-2H3;3H2,1-2H3;1-2H3/t;;2*5-;;;;;;;;;/m..00........./s1/i;7D;;;6D;5D2;;4D2;4D;3D2;;;. The second kappa shape index (κ2) is 62.8. The average molecular weight is 1100 g/mol. The molecule has 0 radical (unpaired) electrons. The Bertz CT molecular complexity index is 1270. The molecule has 0 aromatic heterocycles. The fourth-order valence-corrected chi connectivity index (χ4v) is 6.21. The average Bonchev–Trinajstić information content (AvgIpc) is 3.94. The van der Waals surface area contributed by atoms with Crippen LogP contribution in [0.5, 0.6) is 0 Å². The van der Waals surface area contributed by atoms with E-state index in [1.165, 1.54) is 77.0 Å². The van der Waals surface area contributed by atoms with E-state index in [1.807, 2.05) is 90.0 Å². The van der Waals surface area contributed by atoms with Crippen LogP contribution in [0.2, 0.25) is 0 Å². The first-order valence-corrected chi connectivity index (χ1v) is 30.8. The van der Waals surface area contributed by atoms with Crippen LogP contribution in [0.25, 0.3) is 0 Å².